The van der Waals surface area contributed by atoms with E-state index in [2.05, 4.69) is 15.6 Å². The van der Waals surface area contributed by atoms with Gasteiger partial charge in [-0.3, -0.25) is 14.5 Å². The summed E-state index contributed by atoms with van der Waals surface area (Å²) in [7, 11) is 1.82. The van der Waals surface area contributed by atoms with Crippen molar-refractivity contribution in [3.8, 4) is 0 Å². The third kappa shape index (κ3) is 4.08. The van der Waals surface area contributed by atoms with Crippen molar-refractivity contribution in [1.82, 2.24) is 9.36 Å². The summed E-state index contributed by atoms with van der Waals surface area (Å²) in [4.78, 5) is 31.0. The van der Waals surface area contributed by atoms with Crippen LogP contribution in [0.5, 0.6) is 0 Å². The average molecular weight is 406 g/mol. The summed E-state index contributed by atoms with van der Waals surface area (Å²) in [5.74, 6) is 0.923. The predicted octanol–water partition coefficient (Wildman–Crippen LogP) is 3.63. The Bertz CT molecular complexity index is 928. The number of carbonyl (C=O) groups excluding carboxylic acids is 1. The first-order valence-corrected chi connectivity index (χ1v) is 10.8. The summed E-state index contributed by atoms with van der Waals surface area (Å²) >= 11 is 3.18. The minimum atomic E-state index is -0.440. The number of aromatic nitrogens is 2. The van der Waals surface area contributed by atoms with E-state index in [1.165, 1.54) is 4.68 Å². The number of amides is 2. The molecule has 27 heavy (non-hydrogen) atoms. The first-order chi connectivity index (χ1) is 12.9. The Kier molecular flexibility index (Phi) is 6.01. The molecule has 0 fully saturated rings. The zero-order chi connectivity index (χ0) is 19.6. The second-order valence-corrected chi connectivity index (χ2v) is 8.32. The Balaban J connectivity index is 1.87. The van der Waals surface area contributed by atoms with Crippen molar-refractivity contribution < 1.29 is 4.79 Å². The Morgan fingerprint density at radius 3 is 2.52 bits per heavy atom. The van der Waals surface area contributed by atoms with Crippen molar-refractivity contribution in [3.05, 3.63) is 40.3 Å². The molecule has 0 unspecified atom stereocenters. The molecule has 9 heteroatoms. The summed E-state index contributed by atoms with van der Waals surface area (Å²) in [5.41, 5.74) is 1.47. The molecule has 2 heterocycles. The van der Waals surface area contributed by atoms with Gasteiger partial charge in [-0.05, 0) is 36.4 Å². The molecule has 0 atom stereocenters. The highest BCUT2D eigenvalue weighted by Crippen LogP contribution is 2.24. The fraction of sp³-hybridized carbons (Fsp3) is 0.389. The van der Waals surface area contributed by atoms with E-state index >= 15 is 0 Å². The summed E-state index contributed by atoms with van der Waals surface area (Å²) < 4.78 is 3.32. The van der Waals surface area contributed by atoms with Gasteiger partial charge in [-0.25, -0.2) is 4.79 Å². The number of carbonyl (C=O) groups is 1. The third-order valence-electron chi connectivity index (χ3n) is 4.20. The van der Waals surface area contributed by atoms with Crippen LogP contribution in [0.3, 0.4) is 0 Å². The molecule has 0 saturated carbocycles. The van der Waals surface area contributed by atoms with Gasteiger partial charge in [0, 0.05) is 23.4 Å². The number of rotatable bonds is 4. The van der Waals surface area contributed by atoms with Crippen molar-refractivity contribution in [2.24, 2.45) is 12.0 Å². The van der Waals surface area contributed by atoms with Crippen LogP contribution in [0.2, 0.25) is 0 Å². The van der Waals surface area contributed by atoms with Gasteiger partial charge in [0.05, 0.1) is 12.2 Å². The van der Waals surface area contributed by atoms with Gasteiger partial charge < -0.3 is 10.6 Å². The van der Waals surface area contributed by atoms with Crippen LogP contribution in [0, 0.1) is 0 Å². The summed E-state index contributed by atoms with van der Waals surface area (Å²) in [5, 5.41) is 6.20. The maximum Gasteiger partial charge on any atom is 0.323 e. The quantitative estimate of drug-likeness (QED) is 0.761. The first-order valence-electron chi connectivity index (χ1n) is 8.64. The topological polar surface area (TPSA) is 80.4 Å². The zero-order valence-electron chi connectivity index (χ0n) is 15.8. The lowest BCUT2D eigenvalue weighted by Crippen LogP contribution is -2.29. The fourth-order valence-electron chi connectivity index (χ4n) is 3.02. The SMILES string of the molecule is CSc1ccc(NC(=O)Nc2c(C(C)C)n(C)n(C3=NCCS3)c2=O)cc1. The van der Waals surface area contributed by atoms with Gasteiger partial charge in [0.15, 0.2) is 5.17 Å². The van der Waals surface area contributed by atoms with Gasteiger partial charge in [0.1, 0.15) is 5.69 Å². The minimum absolute atomic E-state index is 0.0621. The Morgan fingerprint density at radius 1 is 1.26 bits per heavy atom. The molecule has 2 amide bonds. The van der Waals surface area contributed by atoms with Gasteiger partial charge in [0.2, 0.25) is 0 Å². The van der Waals surface area contributed by atoms with Crippen LogP contribution in [-0.4, -0.2) is 39.1 Å². The lowest BCUT2D eigenvalue weighted by Gasteiger charge is -2.12. The highest BCUT2D eigenvalue weighted by molar-refractivity contribution is 8.14. The lowest BCUT2D eigenvalue weighted by atomic mass is 10.1. The highest BCUT2D eigenvalue weighted by Gasteiger charge is 2.25. The molecular formula is C18H23N5O2S2. The third-order valence-corrected chi connectivity index (χ3v) is 5.89. The number of nitrogens with one attached hydrogen (secondary N) is 2. The molecule has 2 N–H and O–H groups in total. The smallest absolute Gasteiger partial charge is 0.308 e. The summed E-state index contributed by atoms with van der Waals surface area (Å²) in [6.07, 6.45) is 2.00. The zero-order valence-corrected chi connectivity index (χ0v) is 17.4. The highest BCUT2D eigenvalue weighted by atomic mass is 32.2. The number of thioether (sulfide) groups is 2. The average Bonchev–Trinajstić information content (AvgIpc) is 3.22. The van der Waals surface area contributed by atoms with E-state index in [0.29, 0.717) is 23.1 Å². The van der Waals surface area contributed by atoms with Crippen LogP contribution in [0.15, 0.2) is 38.9 Å². The molecule has 1 aromatic carbocycles. The maximum atomic E-state index is 13.0. The molecule has 0 saturated heterocycles. The van der Waals surface area contributed by atoms with Crippen molar-refractivity contribution in [3.63, 3.8) is 0 Å². The van der Waals surface area contributed by atoms with Crippen molar-refractivity contribution in [1.29, 1.82) is 0 Å². The van der Waals surface area contributed by atoms with Crippen LogP contribution in [-0.2, 0) is 7.05 Å². The molecule has 3 rings (SSSR count). The van der Waals surface area contributed by atoms with Crippen LogP contribution >= 0.6 is 23.5 Å². The molecule has 7 nitrogen and oxygen atoms in total. The van der Waals surface area contributed by atoms with Gasteiger partial charge in [-0.1, -0.05) is 25.6 Å². The molecule has 1 aliphatic heterocycles. The van der Waals surface area contributed by atoms with E-state index in [0.717, 1.165) is 16.3 Å². The maximum absolute atomic E-state index is 13.0. The van der Waals surface area contributed by atoms with Crippen LogP contribution in [0.4, 0.5) is 16.2 Å². The Hall–Kier alpha value is -2.13. The molecular weight excluding hydrogens is 382 g/mol. The van der Waals surface area contributed by atoms with Gasteiger partial charge in [-0.15, -0.1) is 11.8 Å². The van der Waals surface area contributed by atoms with Gasteiger partial charge in [-0.2, -0.15) is 4.68 Å². The van der Waals surface area contributed by atoms with E-state index in [9.17, 15) is 9.59 Å². The second kappa shape index (κ2) is 8.26. The van der Waals surface area contributed by atoms with E-state index in [1.807, 2.05) is 51.4 Å². The monoisotopic (exact) mass is 405 g/mol. The molecule has 0 spiro atoms. The molecule has 0 radical (unpaired) electrons. The molecule has 1 aromatic heterocycles. The number of nitrogens with zero attached hydrogens (tertiary/aromatic N) is 3. The molecule has 0 bridgehead atoms. The van der Waals surface area contributed by atoms with Crippen molar-refractivity contribution >= 4 is 46.1 Å². The molecule has 1 aliphatic rings. The van der Waals surface area contributed by atoms with Crippen molar-refractivity contribution in [2.75, 3.05) is 29.2 Å². The Labute approximate surface area is 166 Å². The number of hydrogen-bond acceptors (Lipinski definition) is 5. The van der Waals surface area contributed by atoms with Gasteiger partial charge >= 0.3 is 6.03 Å². The van der Waals surface area contributed by atoms with Crippen LogP contribution in [0.25, 0.3) is 0 Å². The molecule has 0 aliphatic carbocycles. The molecule has 2 aromatic rings. The first kappa shape index (κ1) is 19.6. The normalized spacial score (nSPS) is 13.7. The predicted molar refractivity (Wildman–Crippen MR) is 115 cm³/mol. The van der Waals surface area contributed by atoms with Crippen LogP contribution in [0.1, 0.15) is 25.5 Å². The molecule has 144 valence electrons. The van der Waals surface area contributed by atoms with Gasteiger partial charge in [0.25, 0.3) is 5.56 Å². The lowest BCUT2D eigenvalue weighted by molar-refractivity contribution is 0.262. The van der Waals surface area contributed by atoms with Crippen molar-refractivity contribution in [2.45, 2.75) is 24.7 Å². The van der Waals surface area contributed by atoms with E-state index in [-0.39, 0.29) is 11.5 Å². The number of anilines is 2. The largest absolute Gasteiger partial charge is 0.323 e. The fourth-order valence-corrected chi connectivity index (χ4v) is 4.30. The Morgan fingerprint density at radius 2 is 1.96 bits per heavy atom. The number of hydrogen-bond donors (Lipinski definition) is 2. The summed E-state index contributed by atoms with van der Waals surface area (Å²) in [6, 6.07) is 7.10. The number of benzene rings is 1. The number of urea groups is 1. The standard InChI is InChI=1S/C18H23N5O2S2/c1-11(2)15-14(16(24)23(22(15)3)18-19-9-10-27-18)21-17(25)20-12-5-7-13(26-4)8-6-12/h5-8,11H,9-10H2,1-4H3,(H2,20,21,25). The summed E-state index contributed by atoms with van der Waals surface area (Å²) in [6.45, 7) is 4.68. The van der Waals surface area contributed by atoms with E-state index in [4.69, 9.17) is 0 Å². The van der Waals surface area contributed by atoms with E-state index in [1.54, 1.807) is 28.2 Å². The second-order valence-electron chi connectivity index (χ2n) is 6.38. The minimum Gasteiger partial charge on any atom is -0.308 e. The van der Waals surface area contributed by atoms with Crippen LogP contribution < -0.4 is 16.2 Å². The number of aliphatic imine (C=N–C) groups is 1. The van der Waals surface area contributed by atoms with E-state index < -0.39 is 6.03 Å².